The summed E-state index contributed by atoms with van der Waals surface area (Å²) in [5.41, 5.74) is 1.93. The maximum absolute atomic E-state index is 13.3. The summed E-state index contributed by atoms with van der Waals surface area (Å²) in [4.78, 5) is 33.3. The number of thiazole rings is 1. The third kappa shape index (κ3) is 3.73. The molecule has 1 unspecified atom stereocenters. The Labute approximate surface area is 216 Å². The summed E-state index contributed by atoms with van der Waals surface area (Å²) >= 11 is 12.4. The highest BCUT2D eigenvalue weighted by Crippen LogP contribution is 2.46. The van der Waals surface area contributed by atoms with Crippen LogP contribution < -0.4 is 9.64 Å². The molecule has 10 heteroatoms. The predicted molar refractivity (Wildman–Crippen MR) is 139 cm³/mol. The number of benzene rings is 2. The number of Topliss-reactive ketones (excluding diaryl/α,β-unsaturated/α-hetero) is 1. The standard InChI is InChI=1S/C24H16BrClN2O4S2/c1-11-8-18-15(10-14(11)26)27-24(34-18)28-20(17-4-3-7-33-17)19(22(30)23(28)31)21(29)12-5-6-16(32-2)13(25)9-12/h3-10,20,29H,1-2H3/b21-19+. The minimum Gasteiger partial charge on any atom is -0.507 e. The Kier molecular flexibility index (Phi) is 5.97. The number of nitrogens with zero attached hydrogens (tertiary/aromatic N) is 2. The number of ether oxygens (including phenoxy) is 1. The number of hydrogen-bond donors (Lipinski definition) is 1. The normalized spacial score (nSPS) is 17.6. The second kappa shape index (κ2) is 8.81. The van der Waals surface area contributed by atoms with Crippen molar-refractivity contribution >= 4 is 83.0 Å². The first-order valence-electron chi connectivity index (χ1n) is 10.0. The summed E-state index contributed by atoms with van der Waals surface area (Å²) < 4.78 is 6.72. The molecule has 6 nitrogen and oxygen atoms in total. The first kappa shape index (κ1) is 23.0. The van der Waals surface area contributed by atoms with Gasteiger partial charge in [-0.2, -0.15) is 0 Å². The number of aliphatic hydroxyl groups is 1. The van der Waals surface area contributed by atoms with Crippen LogP contribution in [0.4, 0.5) is 5.13 Å². The smallest absolute Gasteiger partial charge is 0.301 e. The fourth-order valence-corrected chi connectivity index (χ4v) is 6.45. The second-order valence-corrected chi connectivity index (χ2v) is 10.8. The molecule has 0 bridgehead atoms. The molecule has 0 saturated carbocycles. The molecule has 172 valence electrons. The van der Waals surface area contributed by atoms with Crippen LogP contribution >= 0.6 is 50.2 Å². The van der Waals surface area contributed by atoms with Gasteiger partial charge < -0.3 is 9.84 Å². The van der Waals surface area contributed by atoms with Gasteiger partial charge in [0, 0.05) is 15.5 Å². The van der Waals surface area contributed by atoms with Gasteiger partial charge in [-0.15, -0.1) is 11.3 Å². The van der Waals surface area contributed by atoms with Crippen molar-refractivity contribution in [3.63, 3.8) is 0 Å². The van der Waals surface area contributed by atoms with Gasteiger partial charge in [0.05, 0.1) is 27.4 Å². The molecule has 1 amide bonds. The number of aliphatic hydroxyl groups excluding tert-OH is 1. The molecule has 4 aromatic rings. The van der Waals surface area contributed by atoms with E-state index in [0.717, 1.165) is 15.1 Å². The number of aryl methyl sites for hydroxylation is 1. The zero-order chi connectivity index (χ0) is 24.1. The Bertz CT molecular complexity index is 1460. The number of thiophene rings is 1. The summed E-state index contributed by atoms with van der Waals surface area (Å²) in [5, 5.41) is 14.0. The van der Waals surface area contributed by atoms with E-state index in [1.54, 1.807) is 24.3 Å². The first-order valence-corrected chi connectivity index (χ1v) is 12.9. The van der Waals surface area contributed by atoms with Crippen LogP contribution in [0, 0.1) is 6.92 Å². The van der Waals surface area contributed by atoms with Crippen LogP contribution in [0.3, 0.4) is 0 Å². The van der Waals surface area contributed by atoms with Crippen LogP contribution in [0.2, 0.25) is 5.02 Å². The monoisotopic (exact) mass is 574 g/mol. The Morgan fingerprint density at radius 3 is 2.71 bits per heavy atom. The molecule has 2 aromatic heterocycles. The van der Waals surface area contributed by atoms with Gasteiger partial charge in [0.2, 0.25) is 0 Å². The van der Waals surface area contributed by atoms with Gasteiger partial charge in [-0.25, -0.2) is 4.98 Å². The van der Waals surface area contributed by atoms with E-state index in [1.807, 2.05) is 30.5 Å². The van der Waals surface area contributed by atoms with E-state index < -0.39 is 17.7 Å². The molecule has 0 spiro atoms. The molecule has 0 radical (unpaired) electrons. The Morgan fingerprint density at radius 1 is 1.24 bits per heavy atom. The number of rotatable bonds is 4. The number of fused-ring (bicyclic) bond motifs is 1. The molecule has 1 fully saturated rings. The van der Waals surface area contributed by atoms with Gasteiger partial charge in [0.15, 0.2) is 5.13 Å². The van der Waals surface area contributed by atoms with E-state index in [0.29, 0.717) is 31.5 Å². The number of halogens is 2. The summed E-state index contributed by atoms with van der Waals surface area (Å²) in [6.07, 6.45) is 0. The van der Waals surface area contributed by atoms with Crippen LogP contribution in [-0.2, 0) is 9.59 Å². The number of aromatic nitrogens is 1. The lowest BCUT2D eigenvalue weighted by atomic mass is 10.00. The average Bonchev–Trinajstić information content (AvgIpc) is 3.53. The minimum absolute atomic E-state index is 0.0120. The third-order valence-corrected chi connectivity index (χ3v) is 8.52. The molecule has 1 N–H and O–H groups in total. The fourth-order valence-electron chi connectivity index (χ4n) is 3.86. The molecule has 2 aromatic carbocycles. The van der Waals surface area contributed by atoms with Crippen molar-refractivity contribution < 1.29 is 19.4 Å². The fraction of sp³-hybridized carbons (Fsp3) is 0.125. The van der Waals surface area contributed by atoms with E-state index >= 15 is 0 Å². The highest BCUT2D eigenvalue weighted by atomic mass is 79.9. The van der Waals surface area contributed by atoms with Crippen LogP contribution in [0.1, 0.15) is 22.0 Å². The maximum atomic E-state index is 13.3. The highest BCUT2D eigenvalue weighted by molar-refractivity contribution is 9.10. The van der Waals surface area contributed by atoms with Gasteiger partial charge >= 0.3 is 5.91 Å². The van der Waals surface area contributed by atoms with Gasteiger partial charge in [-0.1, -0.05) is 29.0 Å². The van der Waals surface area contributed by atoms with Gasteiger partial charge in [0.25, 0.3) is 5.78 Å². The summed E-state index contributed by atoms with van der Waals surface area (Å²) in [6, 6.07) is 11.5. The number of anilines is 1. The Morgan fingerprint density at radius 2 is 2.03 bits per heavy atom. The second-order valence-electron chi connectivity index (χ2n) is 7.60. The van der Waals surface area contributed by atoms with Crippen LogP contribution in [0.5, 0.6) is 5.75 Å². The Balaban J connectivity index is 1.70. The van der Waals surface area contributed by atoms with Crippen molar-refractivity contribution in [1.82, 2.24) is 4.98 Å². The number of carbonyl (C=O) groups is 2. The summed E-state index contributed by atoms with van der Waals surface area (Å²) in [7, 11) is 1.54. The first-order chi connectivity index (χ1) is 16.3. The van der Waals surface area contributed by atoms with Gasteiger partial charge in [-0.3, -0.25) is 14.5 Å². The molecule has 0 aliphatic carbocycles. The van der Waals surface area contributed by atoms with E-state index in [1.165, 1.54) is 34.7 Å². The third-order valence-electron chi connectivity index (χ3n) is 5.55. The molecular formula is C24H16BrClN2O4S2. The molecule has 3 heterocycles. The lowest BCUT2D eigenvalue weighted by molar-refractivity contribution is -0.132. The van der Waals surface area contributed by atoms with Gasteiger partial charge in [0.1, 0.15) is 17.6 Å². The van der Waals surface area contributed by atoms with Crippen LogP contribution in [0.15, 0.2) is 57.9 Å². The lowest BCUT2D eigenvalue weighted by Crippen LogP contribution is -2.28. The number of ketones is 1. The molecule has 5 rings (SSSR count). The Hall–Kier alpha value is -2.72. The van der Waals surface area contributed by atoms with Crippen molar-refractivity contribution in [2.75, 3.05) is 12.0 Å². The van der Waals surface area contributed by atoms with Crippen LogP contribution in [-0.4, -0.2) is 28.9 Å². The number of methoxy groups -OCH3 is 1. The lowest BCUT2D eigenvalue weighted by Gasteiger charge is -2.21. The largest absolute Gasteiger partial charge is 0.507 e. The zero-order valence-corrected chi connectivity index (χ0v) is 21.8. The van der Waals surface area contributed by atoms with Crippen molar-refractivity contribution in [2.45, 2.75) is 13.0 Å². The van der Waals surface area contributed by atoms with Crippen molar-refractivity contribution in [2.24, 2.45) is 0 Å². The van der Waals surface area contributed by atoms with E-state index in [-0.39, 0.29) is 11.3 Å². The van der Waals surface area contributed by atoms with Crippen molar-refractivity contribution in [1.29, 1.82) is 0 Å². The minimum atomic E-state index is -0.807. The topological polar surface area (TPSA) is 79.7 Å². The van der Waals surface area contributed by atoms with E-state index in [4.69, 9.17) is 16.3 Å². The number of hydrogen-bond acceptors (Lipinski definition) is 7. The molecular weight excluding hydrogens is 560 g/mol. The molecule has 1 aliphatic heterocycles. The van der Waals surface area contributed by atoms with Crippen molar-refractivity contribution in [3.8, 4) is 5.75 Å². The highest BCUT2D eigenvalue weighted by Gasteiger charge is 2.48. The number of carbonyl (C=O) groups excluding carboxylic acids is 2. The quantitative estimate of drug-likeness (QED) is 0.166. The molecule has 1 atom stereocenters. The molecule has 1 aliphatic rings. The van der Waals surface area contributed by atoms with Gasteiger partial charge in [-0.05, 0) is 70.2 Å². The van der Waals surface area contributed by atoms with Crippen molar-refractivity contribution in [3.05, 3.63) is 78.9 Å². The SMILES string of the molecule is COc1ccc(/C(O)=C2\C(=O)C(=O)N(c3nc4cc(Cl)c(C)cc4s3)C2c2cccs2)cc1Br. The van der Waals surface area contributed by atoms with Crippen LogP contribution in [0.25, 0.3) is 16.0 Å². The van der Waals surface area contributed by atoms with E-state index in [9.17, 15) is 14.7 Å². The predicted octanol–water partition coefficient (Wildman–Crippen LogP) is 6.72. The average molecular weight is 576 g/mol. The maximum Gasteiger partial charge on any atom is 0.301 e. The zero-order valence-electron chi connectivity index (χ0n) is 17.8. The molecule has 1 saturated heterocycles. The summed E-state index contributed by atoms with van der Waals surface area (Å²) in [6.45, 7) is 1.89. The number of amides is 1. The van der Waals surface area contributed by atoms with E-state index in [2.05, 4.69) is 20.9 Å². The molecule has 34 heavy (non-hydrogen) atoms. The summed E-state index contributed by atoms with van der Waals surface area (Å²) in [5.74, 6) is -1.19.